The van der Waals surface area contributed by atoms with Crippen LogP contribution in [-0.4, -0.2) is 14.5 Å². The van der Waals surface area contributed by atoms with Crippen molar-refractivity contribution in [1.82, 2.24) is 5.32 Å². The summed E-state index contributed by atoms with van der Waals surface area (Å²) in [6.07, 6.45) is 9.36. The van der Waals surface area contributed by atoms with Crippen molar-refractivity contribution in [1.29, 1.82) is 0 Å². The standard InChI is InChI=1S/C25H32N2O2S3/c1-19(17-20-9-4-2-3-5-10-20)26-18-21-11-6-7-12-22(21)27-32(28,29)25-15-14-24(31-25)23-13-8-16-30-23/h6-8,11-16,19-20,26-27H,2-5,9-10,17-18H2,1H3/t19-/m0/s1. The van der Waals surface area contributed by atoms with Crippen LogP contribution in [0.3, 0.4) is 0 Å². The zero-order valence-corrected chi connectivity index (χ0v) is 21.0. The minimum Gasteiger partial charge on any atom is -0.310 e. The van der Waals surface area contributed by atoms with E-state index in [9.17, 15) is 8.42 Å². The first-order valence-electron chi connectivity index (χ1n) is 11.5. The zero-order chi connectivity index (χ0) is 22.4. The fourth-order valence-corrected chi connectivity index (χ4v) is 7.69. The van der Waals surface area contributed by atoms with E-state index >= 15 is 0 Å². The SMILES string of the molecule is C[C@@H](CC1CCCCCC1)NCc1ccccc1NS(=O)(=O)c1ccc(-c2cccs2)s1. The first-order chi connectivity index (χ1) is 15.5. The molecular weight excluding hydrogens is 456 g/mol. The van der Waals surface area contributed by atoms with Crippen LogP contribution in [0.15, 0.2) is 58.1 Å². The molecule has 1 saturated carbocycles. The fraction of sp³-hybridized carbons (Fsp3) is 0.440. The minimum absolute atomic E-state index is 0.338. The van der Waals surface area contributed by atoms with Crippen LogP contribution in [0.25, 0.3) is 9.75 Å². The van der Waals surface area contributed by atoms with Gasteiger partial charge < -0.3 is 5.32 Å². The van der Waals surface area contributed by atoms with Crippen LogP contribution in [0.2, 0.25) is 0 Å². The molecule has 3 aromatic rings. The van der Waals surface area contributed by atoms with Gasteiger partial charge in [0.1, 0.15) is 4.21 Å². The highest BCUT2D eigenvalue weighted by molar-refractivity contribution is 7.94. The fourth-order valence-electron chi connectivity index (χ4n) is 4.45. The Morgan fingerprint density at radius 2 is 1.75 bits per heavy atom. The topological polar surface area (TPSA) is 58.2 Å². The number of thiophene rings is 2. The van der Waals surface area contributed by atoms with Crippen LogP contribution in [0.1, 0.15) is 57.4 Å². The molecule has 1 aliphatic rings. The summed E-state index contributed by atoms with van der Waals surface area (Å²) in [7, 11) is -3.63. The third kappa shape index (κ3) is 6.22. The van der Waals surface area contributed by atoms with E-state index < -0.39 is 10.0 Å². The molecule has 2 heterocycles. The highest BCUT2D eigenvalue weighted by atomic mass is 32.2. The molecule has 0 amide bonds. The lowest BCUT2D eigenvalue weighted by atomic mass is 9.93. The molecule has 1 aliphatic carbocycles. The molecule has 1 aromatic carbocycles. The Kier molecular flexibility index (Phi) is 8.05. The van der Waals surface area contributed by atoms with Crippen molar-refractivity contribution in [2.45, 2.75) is 68.7 Å². The van der Waals surface area contributed by atoms with E-state index in [0.717, 1.165) is 21.2 Å². The van der Waals surface area contributed by atoms with Crippen molar-refractivity contribution < 1.29 is 8.42 Å². The smallest absolute Gasteiger partial charge is 0.271 e. The maximum absolute atomic E-state index is 13.1. The number of sulfonamides is 1. The average molecular weight is 489 g/mol. The van der Waals surface area contributed by atoms with E-state index in [1.807, 2.05) is 47.8 Å². The van der Waals surface area contributed by atoms with Crippen LogP contribution in [0.5, 0.6) is 0 Å². The van der Waals surface area contributed by atoms with Crippen LogP contribution in [0, 0.1) is 5.92 Å². The lowest BCUT2D eigenvalue weighted by Gasteiger charge is -2.21. The van der Waals surface area contributed by atoms with Crippen molar-refractivity contribution in [3.63, 3.8) is 0 Å². The number of hydrogen-bond donors (Lipinski definition) is 2. The van der Waals surface area contributed by atoms with Gasteiger partial charge in [0.15, 0.2) is 0 Å². The monoisotopic (exact) mass is 488 g/mol. The van der Waals surface area contributed by atoms with Crippen LogP contribution in [-0.2, 0) is 16.6 Å². The summed E-state index contributed by atoms with van der Waals surface area (Å²) in [4.78, 5) is 2.06. The van der Waals surface area contributed by atoms with E-state index in [0.29, 0.717) is 22.5 Å². The van der Waals surface area contributed by atoms with Crippen molar-refractivity contribution in [3.05, 3.63) is 59.5 Å². The van der Waals surface area contributed by atoms with Crippen molar-refractivity contribution in [2.24, 2.45) is 5.92 Å². The molecule has 0 radical (unpaired) electrons. The van der Waals surface area contributed by atoms with Gasteiger partial charge in [0.2, 0.25) is 0 Å². The zero-order valence-electron chi connectivity index (χ0n) is 18.5. The van der Waals surface area contributed by atoms with Gasteiger partial charge in [0.05, 0.1) is 5.69 Å². The summed E-state index contributed by atoms with van der Waals surface area (Å²) in [5, 5.41) is 5.63. The Morgan fingerprint density at radius 3 is 2.50 bits per heavy atom. The predicted molar refractivity (Wildman–Crippen MR) is 137 cm³/mol. The van der Waals surface area contributed by atoms with Gasteiger partial charge in [-0.1, -0.05) is 62.8 Å². The highest BCUT2D eigenvalue weighted by Crippen LogP contribution is 2.34. The van der Waals surface area contributed by atoms with Gasteiger partial charge in [-0.25, -0.2) is 8.42 Å². The second-order valence-corrected chi connectivity index (χ2v) is 12.7. The normalized spacial score (nSPS) is 16.5. The molecule has 0 saturated heterocycles. The maximum Gasteiger partial charge on any atom is 0.271 e. The summed E-state index contributed by atoms with van der Waals surface area (Å²) in [5.74, 6) is 0.810. The van der Waals surface area contributed by atoms with Gasteiger partial charge in [-0.2, -0.15) is 0 Å². The van der Waals surface area contributed by atoms with Crippen molar-refractivity contribution in [3.8, 4) is 9.75 Å². The Bertz CT molecular complexity index is 1080. The van der Waals surface area contributed by atoms with Gasteiger partial charge in [0.25, 0.3) is 10.0 Å². The largest absolute Gasteiger partial charge is 0.310 e. The van der Waals surface area contributed by atoms with E-state index in [-0.39, 0.29) is 0 Å². The molecule has 2 N–H and O–H groups in total. The van der Waals surface area contributed by atoms with Gasteiger partial charge in [-0.15, -0.1) is 22.7 Å². The van der Waals surface area contributed by atoms with E-state index in [4.69, 9.17) is 0 Å². The summed E-state index contributed by atoms with van der Waals surface area (Å²) in [6.45, 7) is 2.90. The third-order valence-electron chi connectivity index (χ3n) is 6.17. The van der Waals surface area contributed by atoms with Gasteiger partial charge in [-0.3, -0.25) is 4.72 Å². The van der Waals surface area contributed by atoms with Crippen molar-refractivity contribution >= 4 is 38.4 Å². The van der Waals surface area contributed by atoms with Crippen LogP contribution in [0.4, 0.5) is 5.69 Å². The predicted octanol–water partition coefficient (Wildman–Crippen LogP) is 7.12. The Hall–Kier alpha value is -1.67. The van der Waals surface area contributed by atoms with Crippen molar-refractivity contribution in [2.75, 3.05) is 4.72 Å². The summed E-state index contributed by atoms with van der Waals surface area (Å²) < 4.78 is 29.3. The van der Waals surface area contributed by atoms with Gasteiger partial charge in [0, 0.05) is 22.3 Å². The Morgan fingerprint density at radius 1 is 0.969 bits per heavy atom. The van der Waals surface area contributed by atoms with E-state index in [2.05, 4.69) is 17.0 Å². The molecule has 0 unspecified atom stereocenters. The van der Waals surface area contributed by atoms with Crippen LogP contribution < -0.4 is 10.0 Å². The van der Waals surface area contributed by atoms with E-state index in [1.165, 1.54) is 56.3 Å². The summed E-state index contributed by atoms with van der Waals surface area (Å²) in [5.41, 5.74) is 1.62. The average Bonchev–Trinajstić information content (AvgIpc) is 3.42. The molecular formula is C25H32N2O2S3. The summed E-state index contributed by atoms with van der Waals surface area (Å²) >= 11 is 2.92. The lowest BCUT2D eigenvalue weighted by molar-refractivity contribution is 0.363. The van der Waals surface area contributed by atoms with E-state index in [1.54, 1.807) is 17.4 Å². The van der Waals surface area contributed by atoms with Crippen LogP contribution >= 0.6 is 22.7 Å². The number of hydrogen-bond acceptors (Lipinski definition) is 5. The van der Waals surface area contributed by atoms with Gasteiger partial charge in [-0.05, 0) is 54.5 Å². The molecule has 0 aliphatic heterocycles. The van der Waals surface area contributed by atoms with Gasteiger partial charge >= 0.3 is 0 Å². The second-order valence-electron chi connectivity index (χ2n) is 8.73. The molecule has 0 bridgehead atoms. The lowest BCUT2D eigenvalue weighted by Crippen LogP contribution is -2.28. The number of anilines is 1. The highest BCUT2D eigenvalue weighted by Gasteiger charge is 2.20. The molecule has 4 nitrogen and oxygen atoms in total. The number of nitrogens with one attached hydrogen (secondary N) is 2. The maximum atomic E-state index is 13.1. The molecule has 4 rings (SSSR count). The first kappa shape index (κ1) is 23.5. The molecule has 32 heavy (non-hydrogen) atoms. The Labute approximate surface area is 200 Å². The summed E-state index contributed by atoms with van der Waals surface area (Å²) in [6, 6.07) is 15.7. The second kappa shape index (κ2) is 11.0. The minimum atomic E-state index is -3.63. The first-order valence-corrected chi connectivity index (χ1v) is 14.7. The quantitative estimate of drug-likeness (QED) is 0.315. The molecule has 1 atom stereocenters. The Balaban J connectivity index is 1.39. The molecule has 2 aromatic heterocycles. The molecule has 172 valence electrons. The number of para-hydroxylation sites is 1. The molecule has 1 fully saturated rings. The number of rotatable bonds is 9. The molecule has 7 heteroatoms. The third-order valence-corrected chi connectivity index (χ3v) is 10.2. The molecule has 0 spiro atoms. The number of benzene rings is 1.